The minimum atomic E-state index is 0.635. The van der Waals surface area contributed by atoms with Crippen LogP contribution >= 0.6 is 0 Å². The number of hydrogen-bond acceptors (Lipinski definition) is 4. The van der Waals surface area contributed by atoms with Crippen LogP contribution in [0.4, 0.5) is 11.6 Å². The van der Waals surface area contributed by atoms with Crippen LogP contribution in [0.25, 0.3) is 0 Å². The summed E-state index contributed by atoms with van der Waals surface area (Å²) >= 11 is 0. The smallest absolute Gasteiger partial charge is 0.227 e. The van der Waals surface area contributed by atoms with Gasteiger partial charge in [-0.05, 0) is 55.6 Å². The van der Waals surface area contributed by atoms with Crippen LogP contribution in [0.2, 0.25) is 0 Å². The van der Waals surface area contributed by atoms with E-state index in [1.54, 1.807) is 12.4 Å². The first-order chi connectivity index (χ1) is 10.3. The van der Waals surface area contributed by atoms with Gasteiger partial charge in [0.15, 0.2) is 0 Å². The van der Waals surface area contributed by atoms with Gasteiger partial charge in [-0.15, -0.1) is 0 Å². The Balaban J connectivity index is 1.57. The zero-order chi connectivity index (χ0) is 14.5. The molecule has 1 aliphatic heterocycles. The second kappa shape index (κ2) is 6.68. The molecule has 3 rings (SSSR count). The molecule has 1 aliphatic rings. The van der Waals surface area contributed by atoms with Gasteiger partial charge in [0.2, 0.25) is 5.95 Å². The average Bonchev–Trinajstić information content (AvgIpc) is 2.53. The molecule has 2 heterocycles. The van der Waals surface area contributed by atoms with Crippen molar-refractivity contribution in [3.05, 3.63) is 48.3 Å². The summed E-state index contributed by atoms with van der Waals surface area (Å²) in [7, 11) is 0. The highest BCUT2D eigenvalue weighted by molar-refractivity contribution is 5.53. The predicted octanol–water partition coefficient (Wildman–Crippen LogP) is 3.45. The molecular weight excluding hydrogens is 260 g/mol. The predicted molar refractivity (Wildman–Crippen MR) is 85.4 cm³/mol. The Bertz CT molecular complexity index is 545. The van der Waals surface area contributed by atoms with Crippen LogP contribution in [-0.2, 0) is 6.54 Å². The third-order valence-corrected chi connectivity index (χ3v) is 4.06. The molecule has 1 fully saturated rings. The SMILES string of the molecule is CC1CCN(Cc2ccc(Nc3ncccn3)cc2)CC1. The first kappa shape index (κ1) is 14.0. The third kappa shape index (κ3) is 4.02. The van der Waals surface area contributed by atoms with Crippen LogP contribution in [-0.4, -0.2) is 28.0 Å². The summed E-state index contributed by atoms with van der Waals surface area (Å²) in [5, 5.41) is 3.20. The lowest BCUT2D eigenvalue weighted by Crippen LogP contribution is -2.32. The number of rotatable bonds is 4. The zero-order valence-electron chi connectivity index (χ0n) is 12.5. The first-order valence-electron chi connectivity index (χ1n) is 7.65. The van der Waals surface area contributed by atoms with E-state index in [1.165, 1.54) is 31.5 Å². The summed E-state index contributed by atoms with van der Waals surface area (Å²) in [6, 6.07) is 10.4. The Kier molecular flexibility index (Phi) is 4.46. The molecule has 2 aromatic rings. The van der Waals surface area contributed by atoms with E-state index < -0.39 is 0 Å². The van der Waals surface area contributed by atoms with Crippen molar-refractivity contribution >= 4 is 11.6 Å². The van der Waals surface area contributed by atoms with Gasteiger partial charge in [0.05, 0.1) is 0 Å². The maximum absolute atomic E-state index is 4.17. The second-order valence-electron chi connectivity index (χ2n) is 5.85. The molecule has 4 nitrogen and oxygen atoms in total. The van der Waals surface area contributed by atoms with Crippen molar-refractivity contribution in [3.63, 3.8) is 0 Å². The highest BCUT2D eigenvalue weighted by atomic mass is 15.1. The molecule has 1 saturated heterocycles. The molecular formula is C17H22N4. The van der Waals surface area contributed by atoms with Crippen LogP contribution < -0.4 is 5.32 Å². The van der Waals surface area contributed by atoms with Gasteiger partial charge in [0.1, 0.15) is 0 Å². The summed E-state index contributed by atoms with van der Waals surface area (Å²) in [6.07, 6.45) is 6.12. The summed E-state index contributed by atoms with van der Waals surface area (Å²) < 4.78 is 0. The maximum Gasteiger partial charge on any atom is 0.227 e. The molecule has 1 N–H and O–H groups in total. The number of piperidine rings is 1. The van der Waals surface area contributed by atoms with Crippen molar-refractivity contribution in [2.45, 2.75) is 26.3 Å². The molecule has 1 aromatic heterocycles. The number of likely N-dealkylation sites (tertiary alicyclic amines) is 1. The Morgan fingerprint density at radius 2 is 1.76 bits per heavy atom. The quantitative estimate of drug-likeness (QED) is 0.932. The van der Waals surface area contributed by atoms with Gasteiger partial charge >= 0.3 is 0 Å². The minimum absolute atomic E-state index is 0.635. The molecule has 0 bridgehead atoms. The van der Waals surface area contributed by atoms with E-state index in [0.717, 1.165) is 18.2 Å². The number of aromatic nitrogens is 2. The average molecular weight is 282 g/mol. The lowest BCUT2D eigenvalue weighted by Gasteiger charge is -2.30. The largest absolute Gasteiger partial charge is 0.324 e. The fourth-order valence-corrected chi connectivity index (χ4v) is 2.66. The van der Waals surface area contributed by atoms with Gasteiger partial charge in [-0.3, -0.25) is 4.90 Å². The highest BCUT2D eigenvalue weighted by Gasteiger charge is 2.15. The number of nitrogens with zero attached hydrogens (tertiary/aromatic N) is 3. The van der Waals surface area contributed by atoms with Crippen LogP contribution in [0.1, 0.15) is 25.3 Å². The van der Waals surface area contributed by atoms with Crippen LogP contribution in [0, 0.1) is 5.92 Å². The molecule has 21 heavy (non-hydrogen) atoms. The first-order valence-corrected chi connectivity index (χ1v) is 7.65. The highest BCUT2D eigenvalue weighted by Crippen LogP contribution is 2.19. The van der Waals surface area contributed by atoms with E-state index in [9.17, 15) is 0 Å². The summed E-state index contributed by atoms with van der Waals surface area (Å²) in [4.78, 5) is 10.9. The lowest BCUT2D eigenvalue weighted by atomic mass is 9.99. The number of nitrogens with one attached hydrogen (secondary N) is 1. The van der Waals surface area contributed by atoms with E-state index in [-0.39, 0.29) is 0 Å². The molecule has 1 aromatic carbocycles. The molecule has 0 spiro atoms. The lowest BCUT2D eigenvalue weighted by molar-refractivity contribution is 0.185. The molecule has 0 unspecified atom stereocenters. The standard InChI is InChI=1S/C17H22N4/c1-14-7-11-21(12-8-14)13-15-3-5-16(6-4-15)20-17-18-9-2-10-19-17/h2-6,9-10,14H,7-8,11-13H2,1H3,(H,18,19,20). The van der Waals surface area contributed by atoms with Gasteiger partial charge in [0.25, 0.3) is 0 Å². The maximum atomic E-state index is 4.17. The molecule has 0 aliphatic carbocycles. The Hall–Kier alpha value is -1.94. The fraction of sp³-hybridized carbons (Fsp3) is 0.412. The van der Waals surface area contributed by atoms with Crippen molar-refractivity contribution in [1.82, 2.24) is 14.9 Å². The summed E-state index contributed by atoms with van der Waals surface area (Å²) in [6.45, 7) is 5.84. The Labute approximate surface area is 126 Å². The van der Waals surface area contributed by atoms with Crippen molar-refractivity contribution in [2.24, 2.45) is 5.92 Å². The topological polar surface area (TPSA) is 41.0 Å². The van der Waals surface area contributed by atoms with E-state index in [2.05, 4.69) is 51.4 Å². The third-order valence-electron chi connectivity index (χ3n) is 4.06. The van der Waals surface area contributed by atoms with Crippen LogP contribution in [0.5, 0.6) is 0 Å². The number of benzene rings is 1. The van der Waals surface area contributed by atoms with Crippen molar-refractivity contribution < 1.29 is 0 Å². The van der Waals surface area contributed by atoms with Gasteiger partial charge in [0, 0.05) is 24.6 Å². The fourth-order valence-electron chi connectivity index (χ4n) is 2.66. The van der Waals surface area contributed by atoms with Gasteiger partial charge in [-0.1, -0.05) is 19.1 Å². The van der Waals surface area contributed by atoms with E-state index in [0.29, 0.717) is 5.95 Å². The molecule has 0 amide bonds. The normalized spacial score (nSPS) is 16.8. The second-order valence-corrected chi connectivity index (χ2v) is 5.85. The van der Waals surface area contributed by atoms with E-state index in [4.69, 9.17) is 0 Å². The van der Waals surface area contributed by atoms with E-state index in [1.807, 2.05) is 6.07 Å². The molecule has 0 saturated carbocycles. The van der Waals surface area contributed by atoms with Gasteiger partial charge in [-0.2, -0.15) is 0 Å². The Morgan fingerprint density at radius 3 is 2.43 bits per heavy atom. The molecule has 4 heteroatoms. The van der Waals surface area contributed by atoms with Crippen LogP contribution in [0.15, 0.2) is 42.7 Å². The Morgan fingerprint density at radius 1 is 1.10 bits per heavy atom. The minimum Gasteiger partial charge on any atom is -0.324 e. The summed E-state index contributed by atoms with van der Waals surface area (Å²) in [5.41, 5.74) is 2.39. The van der Waals surface area contributed by atoms with E-state index >= 15 is 0 Å². The van der Waals surface area contributed by atoms with Crippen molar-refractivity contribution in [1.29, 1.82) is 0 Å². The summed E-state index contributed by atoms with van der Waals surface area (Å²) in [5.74, 6) is 1.52. The molecule has 0 radical (unpaired) electrons. The molecule has 0 atom stereocenters. The number of hydrogen-bond donors (Lipinski definition) is 1. The van der Waals surface area contributed by atoms with Crippen LogP contribution in [0.3, 0.4) is 0 Å². The number of anilines is 2. The molecule has 110 valence electrons. The van der Waals surface area contributed by atoms with Crippen molar-refractivity contribution in [3.8, 4) is 0 Å². The van der Waals surface area contributed by atoms with Gasteiger partial charge < -0.3 is 5.32 Å². The monoisotopic (exact) mass is 282 g/mol. The van der Waals surface area contributed by atoms with Gasteiger partial charge in [-0.25, -0.2) is 9.97 Å². The zero-order valence-corrected chi connectivity index (χ0v) is 12.5. The van der Waals surface area contributed by atoms with Crippen molar-refractivity contribution in [2.75, 3.05) is 18.4 Å².